The van der Waals surface area contributed by atoms with Crippen LogP contribution in [0.15, 0.2) is 152 Å². The lowest BCUT2D eigenvalue weighted by Crippen LogP contribution is -2.10. The Morgan fingerprint density at radius 3 is 1.47 bits per heavy atom. The summed E-state index contributed by atoms with van der Waals surface area (Å²) in [5, 5.41) is 7.39. The van der Waals surface area contributed by atoms with Crippen molar-refractivity contribution >= 4 is 33.5 Å². The normalized spacial score (nSPS) is 11.2. The number of hydrogen-bond donors (Lipinski definition) is 0. The summed E-state index contributed by atoms with van der Waals surface area (Å²) in [5.41, 5.74) is 7.97. The summed E-state index contributed by atoms with van der Waals surface area (Å²) in [7, 11) is 0. The van der Waals surface area contributed by atoms with Crippen molar-refractivity contribution in [2.24, 2.45) is 0 Å². The fourth-order valence-corrected chi connectivity index (χ4v) is 5.05. The molecule has 0 aliphatic heterocycles. The summed E-state index contributed by atoms with van der Waals surface area (Å²) in [6, 6.07) is 51.1. The van der Waals surface area contributed by atoms with Gasteiger partial charge in [0.1, 0.15) is 0 Å². The van der Waals surface area contributed by atoms with Crippen molar-refractivity contribution in [3.8, 4) is 22.3 Å². The highest BCUT2D eigenvalue weighted by atomic mass is 15.3. The van der Waals surface area contributed by atoms with E-state index in [1.54, 1.807) is 0 Å². The Kier molecular flexibility index (Phi) is 5.45. The first-order valence-corrected chi connectivity index (χ1v) is 12.8. The van der Waals surface area contributed by atoms with Gasteiger partial charge in [-0.25, -0.2) is 4.52 Å². The topological polar surface area (TPSA) is 20.5 Å². The lowest BCUT2D eigenvalue weighted by Gasteiger charge is -2.23. The van der Waals surface area contributed by atoms with E-state index in [4.69, 9.17) is 5.10 Å². The van der Waals surface area contributed by atoms with Gasteiger partial charge in [-0.15, -0.1) is 5.10 Å². The molecule has 0 saturated heterocycles. The van der Waals surface area contributed by atoms with Crippen molar-refractivity contribution in [3.05, 3.63) is 152 Å². The first kappa shape index (κ1) is 22.1. The SMILES string of the molecule is c1ccc(-c2ccc(N(c3ccc(-c4ccccc4)cc3)c3cc4cc5ccccc5cn4n3)cc2)cc1. The zero-order chi connectivity index (χ0) is 25.3. The number of nitrogens with zero attached hydrogens (tertiary/aromatic N) is 3. The van der Waals surface area contributed by atoms with Crippen LogP contribution in [0.25, 0.3) is 38.5 Å². The third-order valence-electron chi connectivity index (χ3n) is 7.01. The monoisotopic (exact) mass is 487 g/mol. The molecular weight excluding hydrogens is 462 g/mol. The van der Waals surface area contributed by atoms with Crippen LogP contribution in [0.1, 0.15) is 0 Å². The minimum Gasteiger partial charge on any atom is -0.294 e. The maximum absolute atomic E-state index is 5.02. The molecule has 0 unspecified atom stereocenters. The molecular formula is C35H25N3. The summed E-state index contributed by atoms with van der Waals surface area (Å²) >= 11 is 0. The highest BCUT2D eigenvalue weighted by Gasteiger charge is 2.17. The molecule has 0 aliphatic rings. The van der Waals surface area contributed by atoms with E-state index in [1.807, 2.05) is 16.6 Å². The molecule has 38 heavy (non-hydrogen) atoms. The van der Waals surface area contributed by atoms with Crippen molar-refractivity contribution in [3.63, 3.8) is 0 Å². The van der Waals surface area contributed by atoms with Gasteiger partial charge in [-0.05, 0) is 58.0 Å². The van der Waals surface area contributed by atoms with Crippen LogP contribution in [0, 0.1) is 0 Å². The predicted molar refractivity (Wildman–Crippen MR) is 158 cm³/mol. The zero-order valence-corrected chi connectivity index (χ0v) is 20.8. The third-order valence-corrected chi connectivity index (χ3v) is 7.01. The first-order chi connectivity index (χ1) is 18.8. The molecule has 0 fully saturated rings. The number of benzene rings is 5. The molecule has 0 spiro atoms. The molecule has 0 atom stereocenters. The van der Waals surface area contributed by atoms with Crippen LogP contribution in [0.2, 0.25) is 0 Å². The molecule has 0 amide bonds. The Bertz CT molecular complexity index is 1700. The molecule has 3 nitrogen and oxygen atoms in total. The summed E-state index contributed by atoms with van der Waals surface area (Å²) in [4.78, 5) is 2.22. The van der Waals surface area contributed by atoms with Crippen LogP contribution in [0.4, 0.5) is 17.2 Å². The molecule has 0 radical (unpaired) electrons. The molecule has 0 bridgehead atoms. The molecule has 2 heterocycles. The molecule has 0 N–H and O–H groups in total. The summed E-state index contributed by atoms with van der Waals surface area (Å²) in [6.07, 6.45) is 2.10. The largest absolute Gasteiger partial charge is 0.294 e. The second-order valence-electron chi connectivity index (χ2n) is 9.44. The summed E-state index contributed by atoms with van der Waals surface area (Å²) < 4.78 is 1.97. The Morgan fingerprint density at radius 1 is 0.447 bits per heavy atom. The van der Waals surface area contributed by atoms with Crippen LogP contribution < -0.4 is 4.90 Å². The Labute approximate surface area is 221 Å². The quantitative estimate of drug-likeness (QED) is 0.241. The Morgan fingerprint density at radius 2 is 0.921 bits per heavy atom. The highest BCUT2D eigenvalue weighted by molar-refractivity contribution is 5.87. The van der Waals surface area contributed by atoms with E-state index in [1.165, 1.54) is 33.0 Å². The highest BCUT2D eigenvalue weighted by Crippen LogP contribution is 2.36. The van der Waals surface area contributed by atoms with Crippen LogP contribution in [0.5, 0.6) is 0 Å². The number of anilines is 3. The van der Waals surface area contributed by atoms with Gasteiger partial charge in [0.05, 0.1) is 5.52 Å². The van der Waals surface area contributed by atoms with Crippen molar-refractivity contribution in [2.45, 2.75) is 0 Å². The van der Waals surface area contributed by atoms with E-state index >= 15 is 0 Å². The lowest BCUT2D eigenvalue weighted by atomic mass is 10.0. The zero-order valence-electron chi connectivity index (χ0n) is 20.8. The van der Waals surface area contributed by atoms with Crippen LogP contribution in [0.3, 0.4) is 0 Å². The van der Waals surface area contributed by atoms with Gasteiger partial charge in [0.25, 0.3) is 0 Å². The molecule has 0 saturated carbocycles. The molecule has 2 aromatic heterocycles. The minimum atomic E-state index is 0.875. The van der Waals surface area contributed by atoms with Crippen LogP contribution in [-0.2, 0) is 0 Å². The first-order valence-electron chi connectivity index (χ1n) is 12.8. The van der Waals surface area contributed by atoms with Gasteiger partial charge in [-0.3, -0.25) is 4.90 Å². The van der Waals surface area contributed by atoms with Gasteiger partial charge in [0, 0.05) is 29.0 Å². The molecule has 180 valence electrons. The summed E-state index contributed by atoms with van der Waals surface area (Å²) in [6.45, 7) is 0. The fourth-order valence-electron chi connectivity index (χ4n) is 5.05. The lowest BCUT2D eigenvalue weighted by molar-refractivity contribution is 0.958. The summed E-state index contributed by atoms with van der Waals surface area (Å²) in [5.74, 6) is 0.875. The van der Waals surface area contributed by atoms with Crippen molar-refractivity contribution in [1.82, 2.24) is 9.61 Å². The van der Waals surface area contributed by atoms with E-state index in [0.29, 0.717) is 0 Å². The van der Waals surface area contributed by atoms with Gasteiger partial charge in [0.2, 0.25) is 0 Å². The Balaban J connectivity index is 1.34. The van der Waals surface area contributed by atoms with E-state index in [-0.39, 0.29) is 0 Å². The smallest absolute Gasteiger partial charge is 0.160 e. The number of aromatic nitrogens is 2. The molecule has 7 rings (SSSR count). The maximum atomic E-state index is 5.02. The maximum Gasteiger partial charge on any atom is 0.160 e. The van der Waals surface area contributed by atoms with E-state index < -0.39 is 0 Å². The van der Waals surface area contributed by atoms with Gasteiger partial charge in [0.15, 0.2) is 5.82 Å². The van der Waals surface area contributed by atoms with Crippen molar-refractivity contribution in [2.75, 3.05) is 4.90 Å². The second-order valence-corrected chi connectivity index (χ2v) is 9.44. The molecule has 0 aliphatic carbocycles. The number of rotatable bonds is 5. The molecule has 5 aromatic carbocycles. The fraction of sp³-hybridized carbons (Fsp3) is 0. The van der Waals surface area contributed by atoms with E-state index in [0.717, 1.165) is 22.7 Å². The Hall–Kier alpha value is -5.15. The van der Waals surface area contributed by atoms with Crippen molar-refractivity contribution in [1.29, 1.82) is 0 Å². The number of fused-ring (bicyclic) bond motifs is 2. The van der Waals surface area contributed by atoms with E-state index in [9.17, 15) is 0 Å². The average molecular weight is 488 g/mol. The molecule has 3 heteroatoms. The minimum absolute atomic E-state index is 0.875. The number of pyridine rings is 1. The molecule has 7 aromatic rings. The average Bonchev–Trinajstić information content (AvgIpc) is 3.40. The standard InChI is InChI=1S/C35H25N3/c1-3-9-26(10-4-1)28-15-19-32(20-16-28)38(33-21-17-29(18-22-33)27-11-5-2-6-12-27)35-24-34-23-30-13-7-8-14-31(30)25-37(34)36-35/h1-25H. The van der Waals surface area contributed by atoms with Gasteiger partial charge in [-0.1, -0.05) is 109 Å². The third kappa shape index (κ3) is 4.10. The van der Waals surface area contributed by atoms with Crippen molar-refractivity contribution < 1.29 is 0 Å². The van der Waals surface area contributed by atoms with Gasteiger partial charge < -0.3 is 0 Å². The van der Waals surface area contributed by atoms with Gasteiger partial charge >= 0.3 is 0 Å². The number of hydrogen-bond acceptors (Lipinski definition) is 2. The van der Waals surface area contributed by atoms with E-state index in [2.05, 4.69) is 145 Å². The van der Waals surface area contributed by atoms with Crippen LogP contribution >= 0.6 is 0 Å². The van der Waals surface area contributed by atoms with Gasteiger partial charge in [-0.2, -0.15) is 0 Å². The predicted octanol–water partition coefficient (Wildman–Crippen LogP) is 9.29. The van der Waals surface area contributed by atoms with Crippen LogP contribution in [-0.4, -0.2) is 9.61 Å². The second kappa shape index (κ2) is 9.38.